The molecule has 0 saturated heterocycles. The third-order valence-electron chi connectivity index (χ3n) is 2.91. The van der Waals surface area contributed by atoms with E-state index in [1.165, 1.54) is 24.8 Å². The molecular formula is C12H11ClN6O3. The summed E-state index contributed by atoms with van der Waals surface area (Å²) in [4.78, 5) is 25.2. The molecular weight excluding hydrogens is 312 g/mol. The van der Waals surface area contributed by atoms with Crippen molar-refractivity contribution in [3.8, 4) is 0 Å². The maximum Gasteiger partial charge on any atom is 0.269 e. The number of hydrogen-bond donors (Lipinski definition) is 2. The number of nitro benzene ring substituents is 1. The Balaban J connectivity index is 0.00000176. The molecule has 3 aromatic rings. The molecule has 22 heavy (non-hydrogen) atoms. The molecule has 1 aromatic carbocycles. The summed E-state index contributed by atoms with van der Waals surface area (Å²) in [7, 11) is 0. The van der Waals surface area contributed by atoms with E-state index in [2.05, 4.69) is 19.9 Å². The Hall–Kier alpha value is -2.94. The maximum absolute atomic E-state index is 10.6. The standard InChI is InChI=1S/C12H10N6O3.ClH/c19-17-7-16-11(10-12(17)15-6-14-10)13-5-8-1-3-9(4-2-8)18(20)21;/h1-4,6-7,19H,5H2,(H,14,15);1H. The Morgan fingerprint density at radius 1 is 1.32 bits per heavy atom. The van der Waals surface area contributed by atoms with Crippen molar-refractivity contribution in [2.24, 2.45) is 4.99 Å². The highest BCUT2D eigenvalue weighted by Gasteiger charge is 2.05. The van der Waals surface area contributed by atoms with E-state index in [0.717, 1.165) is 10.3 Å². The van der Waals surface area contributed by atoms with Crippen molar-refractivity contribution in [1.29, 1.82) is 0 Å². The number of imidazole rings is 1. The van der Waals surface area contributed by atoms with Crippen LogP contribution in [-0.2, 0) is 6.54 Å². The number of hydrogen-bond acceptors (Lipinski definition) is 6. The lowest BCUT2D eigenvalue weighted by molar-refractivity contribution is -0.384. The number of nitrogens with zero attached hydrogens (tertiary/aromatic N) is 5. The van der Waals surface area contributed by atoms with E-state index in [9.17, 15) is 15.3 Å². The highest BCUT2D eigenvalue weighted by atomic mass is 35.5. The van der Waals surface area contributed by atoms with Gasteiger partial charge >= 0.3 is 0 Å². The van der Waals surface area contributed by atoms with Crippen LogP contribution in [0.5, 0.6) is 0 Å². The van der Waals surface area contributed by atoms with Gasteiger partial charge in [-0.1, -0.05) is 12.1 Å². The summed E-state index contributed by atoms with van der Waals surface area (Å²) in [6, 6.07) is 6.13. The minimum Gasteiger partial charge on any atom is -0.425 e. The highest BCUT2D eigenvalue weighted by Crippen LogP contribution is 2.12. The molecule has 2 N–H and O–H groups in total. The summed E-state index contributed by atoms with van der Waals surface area (Å²) in [6.07, 6.45) is 2.64. The van der Waals surface area contributed by atoms with Crippen molar-refractivity contribution in [3.63, 3.8) is 0 Å². The van der Waals surface area contributed by atoms with Gasteiger partial charge < -0.3 is 10.2 Å². The summed E-state index contributed by atoms with van der Waals surface area (Å²) < 4.78 is 0.802. The second-order valence-corrected chi connectivity index (χ2v) is 4.25. The largest absolute Gasteiger partial charge is 0.425 e. The molecule has 9 nitrogen and oxygen atoms in total. The average molecular weight is 323 g/mol. The number of H-pyrrole nitrogens is 1. The number of halogens is 1. The maximum atomic E-state index is 10.6. The van der Waals surface area contributed by atoms with E-state index in [4.69, 9.17) is 0 Å². The van der Waals surface area contributed by atoms with Crippen molar-refractivity contribution < 1.29 is 10.1 Å². The van der Waals surface area contributed by atoms with Gasteiger partial charge in [0.05, 0.1) is 17.8 Å². The number of nitro groups is 1. The second-order valence-electron chi connectivity index (χ2n) is 4.25. The summed E-state index contributed by atoms with van der Waals surface area (Å²) in [5, 5.41) is 20.1. The van der Waals surface area contributed by atoms with Gasteiger partial charge in [-0.2, -0.15) is 4.73 Å². The zero-order valence-corrected chi connectivity index (χ0v) is 11.9. The number of fused-ring (bicyclic) bond motifs is 1. The fourth-order valence-corrected chi connectivity index (χ4v) is 1.86. The first-order chi connectivity index (χ1) is 10.1. The number of nitrogens with one attached hydrogen (secondary N) is 1. The lowest BCUT2D eigenvalue weighted by atomic mass is 10.2. The Morgan fingerprint density at radius 3 is 2.73 bits per heavy atom. The van der Waals surface area contributed by atoms with Gasteiger partial charge in [-0.3, -0.25) is 15.1 Å². The van der Waals surface area contributed by atoms with Gasteiger partial charge in [-0.25, -0.2) is 9.97 Å². The number of aromatic nitrogens is 4. The first-order valence-electron chi connectivity index (χ1n) is 5.99. The molecule has 0 spiro atoms. The fourth-order valence-electron chi connectivity index (χ4n) is 1.86. The van der Waals surface area contributed by atoms with E-state index in [0.29, 0.717) is 23.2 Å². The van der Waals surface area contributed by atoms with Crippen LogP contribution in [0.1, 0.15) is 5.56 Å². The average Bonchev–Trinajstić information content (AvgIpc) is 2.97. The van der Waals surface area contributed by atoms with E-state index in [1.807, 2.05) is 0 Å². The molecule has 0 fully saturated rings. The summed E-state index contributed by atoms with van der Waals surface area (Å²) in [5.74, 6) is 0. The molecule has 2 aromatic heterocycles. The van der Waals surface area contributed by atoms with Gasteiger partial charge in [-0.05, 0) is 5.56 Å². The highest BCUT2D eigenvalue weighted by molar-refractivity contribution is 5.85. The third-order valence-corrected chi connectivity index (χ3v) is 2.91. The molecule has 0 saturated carbocycles. The SMILES string of the molecule is Cl.O=[N+]([O-])c1ccc(CN=c2ncn(O)c3nc[nH]c23)cc1. The topological polar surface area (TPSA) is 122 Å². The summed E-state index contributed by atoms with van der Waals surface area (Å²) in [6.45, 7) is 0.314. The van der Waals surface area contributed by atoms with Crippen LogP contribution >= 0.6 is 12.4 Å². The predicted molar refractivity (Wildman–Crippen MR) is 78.7 cm³/mol. The first-order valence-corrected chi connectivity index (χ1v) is 5.99. The summed E-state index contributed by atoms with van der Waals surface area (Å²) in [5.41, 5.74) is 2.10. The molecule has 0 atom stereocenters. The smallest absolute Gasteiger partial charge is 0.269 e. The number of aromatic amines is 1. The van der Waals surface area contributed by atoms with Crippen molar-refractivity contribution in [2.45, 2.75) is 6.54 Å². The molecule has 0 aliphatic carbocycles. The van der Waals surface area contributed by atoms with Gasteiger partial charge in [0.15, 0.2) is 11.1 Å². The van der Waals surface area contributed by atoms with Gasteiger partial charge in [0, 0.05) is 12.1 Å². The van der Waals surface area contributed by atoms with Gasteiger partial charge in [0.25, 0.3) is 5.69 Å². The van der Waals surface area contributed by atoms with E-state index >= 15 is 0 Å². The Kier molecular flexibility index (Phi) is 4.37. The molecule has 0 radical (unpaired) electrons. The van der Waals surface area contributed by atoms with Gasteiger partial charge in [-0.15, -0.1) is 12.4 Å². The van der Waals surface area contributed by atoms with E-state index in [-0.39, 0.29) is 18.1 Å². The monoisotopic (exact) mass is 322 g/mol. The molecule has 3 rings (SSSR count). The Morgan fingerprint density at radius 2 is 2.05 bits per heavy atom. The zero-order chi connectivity index (χ0) is 14.8. The minimum absolute atomic E-state index is 0. The molecule has 114 valence electrons. The van der Waals surface area contributed by atoms with Gasteiger partial charge in [0.2, 0.25) is 0 Å². The Labute approximate surface area is 129 Å². The van der Waals surface area contributed by atoms with Crippen molar-refractivity contribution in [1.82, 2.24) is 19.7 Å². The third kappa shape index (κ3) is 2.88. The number of non-ortho nitro benzene ring substituents is 1. The zero-order valence-electron chi connectivity index (χ0n) is 11.1. The normalized spacial score (nSPS) is 11.4. The summed E-state index contributed by atoms with van der Waals surface area (Å²) >= 11 is 0. The van der Waals surface area contributed by atoms with Crippen molar-refractivity contribution in [2.75, 3.05) is 0 Å². The van der Waals surface area contributed by atoms with E-state index in [1.54, 1.807) is 12.1 Å². The minimum atomic E-state index is -0.451. The van der Waals surface area contributed by atoms with Crippen LogP contribution in [0.4, 0.5) is 5.69 Å². The lowest BCUT2D eigenvalue weighted by Gasteiger charge is -1.98. The van der Waals surface area contributed by atoms with Crippen molar-refractivity contribution >= 4 is 29.3 Å². The van der Waals surface area contributed by atoms with Crippen LogP contribution in [0.25, 0.3) is 11.2 Å². The van der Waals surface area contributed by atoms with Crippen LogP contribution in [-0.4, -0.2) is 29.8 Å². The van der Waals surface area contributed by atoms with Crippen LogP contribution in [0.2, 0.25) is 0 Å². The fraction of sp³-hybridized carbons (Fsp3) is 0.0833. The number of rotatable bonds is 3. The van der Waals surface area contributed by atoms with Crippen LogP contribution in [0, 0.1) is 10.1 Å². The van der Waals surface area contributed by atoms with Crippen molar-refractivity contribution in [3.05, 3.63) is 58.1 Å². The predicted octanol–water partition coefficient (Wildman–Crippen LogP) is 1.43. The van der Waals surface area contributed by atoms with Crippen LogP contribution < -0.4 is 5.49 Å². The molecule has 2 heterocycles. The Bertz CT molecular complexity index is 870. The van der Waals surface area contributed by atoms with Gasteiger partial charge in [0.1, 0.15) is 11.8 Å². The molecule has 0 bridgehead atoms. The molecule has 0 aliphatic heterocycles. The van der Waals surface area contributed by atoms with Crippen LogP contribution in [0.15, 0.2) is 41.9 Å². The number of benzene rings is 1. The lowest BCUT2D eigenvalue weighted by Crippen LogP contribution is -2.13. The molecule has 10 heteroatoms. The van der Waals surface area contributed by atoms with E-state index < -0.39 is 4.92 Å². The quantitative estimate of drug-likeness (QED) is 0.429. The molecule has 0 amide bonds. The first kappa shape index (κ1) is 15.4. The molecule has 0 unspecified atom stereocenters. The van der Waals surface area contributed by atoms with Crippen LogP contribution in [0.3, 0.4) is 0 Å². The molecule has 0 aliphatic rings. The second kappa shape index (κ2) is 6.22.